The summed E-state index contributed by atoms with van der Waals surface area (Å²) in [6.45, 7) is 2.29. The van der Waals surface area contributed by atoms with Crippen LogP contribution in [0.3, 0.4) is 0 Å². The number of fused-ring (bicyclic) bond motifs is 1. The molecule has 2 aliphatic rings. The molecule has 0 aromatic rings. The van der Waals surface area contributed by atoms with Crippen molar-refractivity contribution in [2.75, 3.05) is 14.2 Å². The molecule has 0 bridgehead atoms. The highest BCUT2D eigenvalue weighted by Crippen LogP contribution is 2.41. The van der Waals surface area contributed by atoms with E-state index in [4.69, 9.17) is 14.2 Å². The van der Waals surface area contributed by atoms with E-state index >= 15 is 0 Å². The van der Waals surface area contributed by atoms with Crippen LogP contribution in [-0.2, 0) is 14.2 Å². The Morgan fingerprint density at radius 2 is 1.60 bits per heavy atom. The molecular formula is C22H42O3. The first kappa shape index (κ1) is 21.2. The molecule has 1 saturated heterocycles. The smallest absolute Gasteiger partial charge is 0.157 e. The van der Waals surface area contributed by atoms with E-state index in [0.29, 0.717) is 12.2 Å². The monoisotopic (exact) mass is 354 g/mol. The Hall–Kier alpha value is -0.120. The standard InChI is InChI=1S/C22H42O3/c1-4-5-6-7-8-9-10-11-18(17-22(23-2)24-3)12-13-19-14-15-20-21(16-19)25-20/h18-22H,4-17H2,1-3H3. The molecule has 0 N–H and O–H groups in total. The van der Waals surface area contributed by atoms with Gasteiger partial charge in [-0.15, -0.1) is 0 Å². The van der Waals surface area contributed by atoms with Crippen molar-refractivity contribution < 1.29 is 14.2 Å². The highest BCUT2D eigenvalue weighted by molar-refractivity contribution is 4.91. The SMILES string of the molecule is CCCCCCCCCC(CCC1CCC2OC2C1)CC(OC)OC. The molecule has 1 heterocycles. The first-order valence-corrected chi connectivity index (χ1v) is 11.0. The van der Waals surface area contributed by atoms with Gasteiger partial charge in [-0.05, 0) is 37.5 Å². The number of epoxide rings is 1. The second-order valence-electron chi connectivity index (χ2n) is 8.38. The summed E-state index contributed by atoms with van der Waals surface area (Å²) in [6, 6.07) is 0. The van der Waals surface area contributed by atoms with Crippen molar-refractivity contribution in [3.05, 3.63) is 0 Å². The number of hydrogen-bond acceptors (Lipinski definition) is 3. The molecule has 3 heteroatoms. The van der Waals surface area contributed by atoms with Gasteiger partial charge in [0.1, 0.15) is 0 Å². The normalized spacial score (nSPS) is 26.6. The van der Waals surface area contributed by atoms with Crippen molar-refractivity contribution in [2.24, 2.45) is 11.8 Å². The van der Waals surface area contributed by atoms with Crippen molar-refractivity contribution in [1.82, 2.24) is 0 Å². The number of ether oxygens (including phenoxy) is 3. The lowest BCUT2D eigenvalue weighted by Gasteiger charge is -2.25. The minimum absolute atomic E-state index is 0.0305. The van der Waals surface area contributed by atoms with Crippen LogP contribution in [0.4, 0.5) is 0 Å². The summed E-state index contributed by atoms with van der Waals surface area (Å²) in [5.41, 5.74) is 0. The van der Waals surface area contributed by atoms with Gasteiger partial charge in [0.2, 0.25) is 0 Å². The molecule has 4 unspecified atom stereocenters. The molecule has 2 rings (SSSR count). The Labute approximate surface area is 156 Å². The van der Waals surface area contributed by atoms with E-state index in [1.165, 1.54) is 83.5 Å². The summed E-state index contributed by atoms with van der Waals surface area (Å²) in [6.07, 6.45) is 20.1. The molecule has 1 aliphatic carbocycles. The maximum Gasteiger partial charge on any atom is 0.157 e. The minimum Gasteiger partial charge on any atom is -0.370 e. The molecule has 3 nitrogen and oxygen atoms in total. The van der Waals surface area contributed by atoms with Gasteiger partial charge in [0.25, 0.3) is 0 Å². The largest absolute Gasteiger partial charge is 0.370 e. The van der Waals surface area contributed by atoms with Crippen molar-refractivity contribution in [3.8, 4) is 0 Å². The van der Waals surface area contributed by atoms with Gasteiger partial charge in [0.15, 0.2) is 6.29 Å². The zero-order valence-electron chi connectivity index (χ0n) is 17.0. The first-order valence-electron chi connectivity index (χ1n) is 11.0. The van der Waals surface area contributed by atoms with Crippen LogP contribution in [0.1, 0.15) is 96.8 Å². The molecule has 25 heavy (non-hydrogen) atoms. The van der Waals surface area contributed by atoms with E-state index in [1.807, 2.05) is 0 Å². The lowest BCUT2D eigenvalue weighted by Crippen LogP contribution is -2.20. The molecule has 0 amide bonds. The van der Waals surface area contributed by atoms with E-state index in [1.54, 1.807) is 14.2 Å². The van der Waals surface area contributed by atoms with Gasteiger partial charge in [0.05, 0.1) is 12.2 Å². The average Bonchev–Trinajstić information content (AvgIpc) is 3.41. The van der Waals surface area contributed by atoms with Crippen molar-refractivity contribution in [1.29, 1.82) is 0 Å². The Balaban J connectivity index is 1.63. The van der Waals surface area contributed by atoms with Gasteiger partial charge in [0, 0.05) is 20.6 Å². The first-order chi connectivity index (χ1) is 12.3. The van der Waals surface area contributed by atoms with Crippen LogP contribution >= 0.6 is 0 Å². The third-order valence-electron chi connectivity index (χ3n) is 6.36. The second-order valence-corrected chi connectivity index (χ2v) is 8.38. The van der Waals surface area contributed by atoms with Crippen molar-refractivity contribution in [3.63, 3.8) is 0 Å². The van der Waals surface area contributed by atoms with Crippen LogP contribution < -0.4 is 0 Å². The molecule has 1 aliphatic heterocycles. The Morgan fingerprint density at radius 1 is 0.880 bits per heavy atom. The highest BCUT2D eigenvalue weighted by Gasteiger charge is 2.43. The molecule has 4 atom stereocenters. The van der Waals surface area contributed by atoms with Gasteiger partial charge in [-0.2, -0.15) is 0 Å². The third kappa shape index (κ3) is 8.41. The molecule has 0 spiro atoms. The van der Waals surface area contributed by atoms with Gasteiger partial charge in [-0.25, -0.2) is 0 Å². The topological polar surface area (TPSA) is 31.0 Å². The molecular weight excluding hydrogens is 312 g/mol. The van der Waals surface area contributed by atoms with Gasteiger partial charge in [-0.3, -0.25) is 0 Å². The number of methoxy groups -OCH3 is 2. The Kier molecular flexibility index (Phi) is 10.4. The summed E-state index contributed by atoms with van der Waals surface area (Å²) in [5, 5.41) is 0. The minimum atomic E-state index is -0.0305. The van der Waals surface area contributed by atoms with Gasteiger partial charge < -0.3 is 14.2 Å². The van der Waals surface area contributed by atoms with Crippen LogP contribution in [0.5, 0.6) is 0 Å². The second kappa shape index (κ2) is 12.3. The van der Waals surface area contributed by atoms with Crippen molar-refractivity contribution in [2.45, 2.75) is 115 Å². The third-order valence-corrected chi connectivity index (χ3v) is 6.36. The summed E-state index contributed by atoms with van der Waals surface area (Å²) in [5.74, 6) is 1.64. The van der Waals surface area contributed by atoms with E-state index in [-0.39, 0.29) is 6.29 Å². The van der Waals surface area contributed by atoms with Crippen LogP contribution in [-0.4, -0.2) is 32.7 Å². The number of hydrogen-bond donors (Lipinski definition) is 0. The Morgan fingerprint density at radius 3 is 2.28 bits per heavy atom. The summed E-state index contributed by atoms with van der Waals surface area (Å²) in [7, 11) is 3.54. The number of rotatable bonds is 15. The maximum absolute atomic E-state index is 5.69. The van der Waals surface area contributed by atoms with E-state index in [0.717, 1.165) is 18.3 Å². The molecule has 0 aromatic carbocycles. The van der Waals surface area contributed by atoms with Crippen LogP contribution in [0.2, 0.25) is 0 Å². The lowest BCUT2D eigenvalue weighted by molar-refractivity contribution is -0.115. The van der Waals surface area contributed by atoms with E-state index < -0.39 is 0 Å². The summed E-state index contributed by atoms with van der Waals surface area (Å²) >= 11 is 0. The van der Waals surface area contributed by atoms with Crippen LogP contribution in [0.25, 0.3) is 0 Å². The number of unbranched alkanes of at least 4 members (excludes halogenated alkanes) is 6. The van der Waals surface area contributed by atoms with Crippen LogP contribution in [0.15, 0.2) is 0 Å². The fraction of sp³-hybridized carbons (Fsp3) is 1.00. The van der Waals surface area contributed by atoms with Crippen LogP contribution in [0, 0.1) is 11.8 Å². The summed E-state index contributed by atoms with van der Waals surface area (Å²) < 4.78 is 16.6. The fourth-order valence-electron chi connectivity index (χ4n) is 4.55. The molecule has 0 aromatic heterocycles. The van der Waals surface area contributed by atoms with Gasteiger partial charge in [-0.1, -0.05) is 64.7 Å². The zero-order chi connectivity index (χ0) is 17.9. The highest BCUT2D eigenvalue weighted by atomic mass is 16.7. The predicted molar refractivity (Wildman–Crippen MR) is 104 cm³/mol. The average molecular weight is 355 g/mol. The fourth-order valence-corrected chi connectivity index (χ4v) is 4.55. The summed E-state index contributed by atoms with van der Waals surface area (Å²) in [4.78, 5) is 0. The van der Waals surface area contributed by atoms with Gasteiger partial charge >= 0.3 is 0 Å². The van der Waals surface area contributed by atoms with E-state index in [2.05, 4.69) is 6.92 Å². The molecule has 0 radical (unpaired) electrons. The quantitative estimate of drug-likeness (QED) is 0.202. The molecule has 1 saturated carbocycles. The molecule has 2 fully saturated rings. The lowest BCUT2D eigenvalue weighted by atomic mass is 9.82. The Bertz CT molecular complexity index is 329. The van der Waals surface area contributed by atoms with E-state index in [9.17, 15) is 0 Å². The maximum atomic E-state index is 5.69. The molecule has 148 valence electrons. The predicted octanol–water partition coefficient (Wildman–Crippen LogP) is 6.10. The van der Waals surface area contributed by atoms with Crippen molar-refractivity contribution >= 4 is 0 Å². The zero-order valence-corrected chi connectivity index (χ0v) is 17.0.